The zero-order valence-electron chi connectivity index (χ0n) is 18.1. The molecule has 1 heterocycles. The molecule has 1 aliphatic rings. The Morgan fingerprint density at radius 2 is 1.45 bits per heavy atom. The lowest BCUT2D eigenvalue weighted by Crippen LogP contribution is -2.48. The number of piperazine rings is 1. The molecule has 162 valence electrons. The van der Waals surface area contributed by atoms with Gasteiger partial charge in [0.1, 0.15) is 0 Å². The zero-order chi connectivity index (χ0) is 22.1. The summed E-state index contributed by atoms with van der Waals surface area (Å²) >= 11 is 18.9. The van der Waals surface area contributed by atoms with Gasteiger partial charge in [0.2, 0.25) is 0 Å². The highest BCUT2D eigenvalue weighted by Gasteiger charge is 2.30. The van der Waals surface area contributed by atoms with E-state index in [0.29, 0.717) is 10.0 Å². The van der Waals surface area contributed by atoms with E-state index in [-0.39, 0.29) is 6.04 Å². The Kier molecular flexibility index (Phi) is 6.83. The molecule has 3 aromatic rings. The van der Waals surface area contributed by atoms with Crippen molar-refractivity contribution < 1.29 is 0 Å². The highest BCUT2D eigenvalue weighted by Crippen LogP contribution is 2.37. The molecule has 1 aliphatic heterocycles. The van der Waals surface area contributed by atoms with E-state index in [1.54, 1.807) is 0 Å². The molecule has 31 heavy (non-hydrogen) atoms. The molecule has 0 aliphatic carbocycles. The SMILES string of the molecule is Cc1cc(C)c(CN2CCN(c3ccc(Cl)cc3Cl)C(c3ccc(Cl)cc3)C2)c(C)c1. The minimum absolute atomic E-state index is 0.177. The average molecular weight is 474 g/mol. The van der Waals surface area contributed by atoms with Crippen LogP contribution in [-0.2, 0) is 6.54 Å². The van der Waals surface area contributed by atoms with Gasteiger partial charge in [0.05, 0.1) is 16.8 Å². The van der Waals surface area contributed by atoms with E-state index in [1.807, 2.05) is 30.3 Å². The van der Waals surface area contributed by atoms with E-state index < -0.39 is 0 Å². The summed E-state index contributed by atoms with van der Waals surface area (Å²) in [5, 5.41) is 2.09. The molecule has 5 heteroatoms. The third-order valence-corrected chi connectivity index (χ3v) is 6.95. The molecule has 1 fully saturated rings. The van der Waals surface area contributed by atoms with Crippen molar-refractivity contribution >= 4 is 40.5 Å². The smallest absolute Gasteiger partial charge is 0.0670 e. The van der Waals surface area contributed by atoms with Gasteiger partial charge in [-0.2, -0.15) is 0 Å². The molecule has 0 aromatic heterocycles. The monoisotopic (exact) mass is 472 g/mol. The van der Waals surface area contributed by atoms with E-state index in [9.17, 15) is 0 Å². The molecule has 0 radical (unpaired) electrons. The molecular formula is C26H27Cl3N2. The summed E-state index contributed by atoms with van der Waals surface area (Å²) in [6, 6.07) is 18.7. The van der Waals surface area contributed by atoms with Gasteiger partial charge in [-0.3, -0.25) is 4.90 Å². The maximum atomic E-state index is 6.60. The van der Waals surface area contributed by atoms with E-state index in [1.165, 1.54) is 27.8 Å². The first-order chi connectivity index (χ1) is 14.8. The summed E-state index contributed by atoms with van der Waals surface area (Å²) in [6.45, 7) is 10.3. The quantitative estimate of drug-likeness (QED) is 0.384. The first-order valence-electron chi connectivity index (χ1n) is 10.6. The van der Waals surface area contributed by atoms with Gasteiger partial charge in [0, 0.05) is 36.2 Å². The molecule has 1 atom stereocenters. The van der Waals surface area contributed by atoms with Crippen molar-refractivity contribution in [2.45, 2.75) is 33.4 Å². The Balaban J connectivity index is 1.65. The van der Waals surface area contributed by atoms with Crippen LogP contribution < -0.4 is 4.90 Å². The van der Waals surface area contributed by atoms with Crippen LogP contribution in [0.2, 0.25) is 15.1 Å². The van der Waals surface area contributed by atoms with Crippen LogP contribution in [-0.4, -0.2) is 24.5 Å². The lowest BCUT2D eigenvalue weighted by atomic mass is 9.97. The van der Waals surface area contributed by atoms with E-state index in [4.69, 9.17) is 34.8 Å². The predicted molar refractivity (Wildman–Crippen MR) is 134 cm³/mol. The van der Waals surface area contributed by atoms with Crippen LogP contribution in [0.3, 0.4) is 0 Å². The average Bonchev–Trinajstić information content (AvgIpc) is 2.71. The van der Waals surface area contributed by atoms with Crippen LogP contribution in [0.5, 0.6) is 0 Å². The molecule has 0 bridgehead atoms. The zero-order valence-corrected chi connectivity index (χ0v) is 20.4. The van der Waals surface area contributed by atoms with Crippen molar-refractivity contribution in [2.24, 2.45) is 0 Å². The van der Waals surface area contributed by atoms with Crippen LogP contribution in [0.25, 0.3) is 0 Å². The Labute approximate surface area is 200 Å². The second kappa shape index (κ2) is 9.42. The number of aryl methyl sites for hydroxylation is 3. The van der Waals surface area contributed by atoms with Crippen molar-refractivity contribution in [3.05, 3.63) is 97.5 Å². The fraction of sp³-hybridized carbons (Fsp3) is 0.308. The number of nitrogens with zero attached hydrogens (tertiary/aromatic N) is 2. The number of halogens is 3. The first-order valence-corrected chi connectivity index (χ1v) is 11.7. The molecule has 0 N–H and O–H groups in total. The maximum absolute atomic E-state index is 6.60. The summed E-state index contributed by atoms with van der Waals surface area (Å²) < 4.78 is 0. The van der Waals surface area contributed by atoms with Crippen molar-refractivity contribution in [2.75, 3.05) is 24.5 Å². The van der Waals surface area contributed by atoms with Crippen LogP contribution in [0.4, 0.5) is 5.69 Å². The van der Waals surface area contributed by atoms with Gasteiger partial charge in [-0.15, -0.1) is 0 Å². The van der Waals surface area contributed by atoms with Gasteiger partial charge in [-0.1, -0.05) is 64.6 Å². The summed E-state index contributed by atoms with van der Waals surface area (Å²) in [6.07, 6.45) is 0. The van der Waals surface area contributed by atoms with Crippen molar-refractivity contribution in [1.29, 1.82) is 0 Å². The number of hydrogen-bond donors (Lipinski definition) is 0. The summed E-state index contributed by atoms with van der Waals surface area (Å²) in [5.74, 6) is 0. The predicted octanol–water partition coefficient (Wildman–Crippen LogP) is 7.64. The maximum Gasteiger partial charge on any atom is 0.0670 e. The van der Waals surface area contributed by atoms with Crippen molar-refractivity contribution in [1.82, 2.24) is 4.90 Å². The number of rotatable bonds is 4. The van der Waals surface area contributed by atoms with Gasteiger partial charge in [0.25, 0.3) is 0 Å². The third kappa shape index (κ3) is 5.04. The Morgan fingerprint density at radius 1 is 0.806 bits per heavy atom. The second-order valence-corrected chi connectivity index (χ2v) is 9.75. The highest BCUT2D eigenvalue weighted by atomic mass is 35.5. The molecule has 4 rings (SSSR count). The van der Waals surface area contributed by atoms with Gasteiger partial charge in [-0.05, 0) is 73.4 Å². The second-order valence-electron chi connectivity index (χ2n) is 8.47. The van der Waals surface area contributed by atoms with Crippen LogP contribution in [0, 0.1) is 20.8 Å². The number of hydrogen-bond acceptors (Lipinski definition) is 2. The van der Waals surface area contributed by atoms with E-state index in [2.05, 4.69) is 54.8 Å². The molecule has 2 nitrogen and oxygen atoms in total. The Bertz CT molecular complexity index is 1060. The topological polar surface area (TPSA) is 6.48 Å². The largest absolute Gasteiger partial charge is 0.361 e. The van der Waals surface area contributed by atoms with Gasteiger partial charge < -0.3 is 4.90 Å². The van der Waals surface area contributed by atoms with E-state index in [0.717, 1.165) is 36.9 Å². The molecule has 1 unspecified atom stereocenters. The first kappa shape index (κ1) is 22.5. The van der Waals surface area contributed by atoms with Crippen LogP contribution in [0.1, 0.15) is 33.9 Å². The fourth-order valence-electron chi connectivity index (χ4n) is 4.64. The lowest BCUT2D eigenvalue weighted by Gasteiger charge is -2.43. The van der Waals surface area contributed by atoms with E-state index >= 15 is 0 Å². The standard InChI is InChI=1S/C26H27Cl3N2/c1-17-12-18(2)23(19(3)13-17)15-30-10-11-31(25-9-8-22(28)14-24(25)29)26(16-30)20-4-6-21(27)7-5-20/h4-9,12-14,26H,10-11,15-16H2,1-3H3. The van der Waals surface area contributed by atoms with Gasteiger partial charge in [-0.25, -0.2) is 0 Å². The lowest BCUT2D eigenvalue weighted by molar-refractivity contribution is 0.215. The summed E-state index contributed by atoms with van der Waals surface area (Å²) in [4.78, 5) is 4.94. The minimum Gasteiger partial charge on any atom is -0.361 e. The fourth-order valence-corrected chi connectivity index (χ4v) is 5.28. The van der Waals surface area contributed by atoms with Crippen molar-refractivity contribution in [3.63, 3.8) is 0 Å². The number of anilines is 1. The van der Waals surface area contributed by atoms with Crippen LogP contribution >= 0.6 is 34.8 Å². The van der Waals surface area contributed by atoms with Gasteiger partial charge >= 0.3 is 0 Å². The normalized spacial score (nSPS) is 17.2. The molecule has 0 spiro atoms. The third-order valence-electron chi connectivity index (χ3n) is 6.16. The molecule has 0 amide bonds. The van der Waals surface area contributed by atoms with Crippen LogP contribution in [0.15, 0.2) is 54.6 Å². The molecule has 0 saturated carbocycles. The highest BCUT2D eigenvalue weighted by molar-refractivity contribution is 6.36. The van der Waals surface area contributed by atoms with Crippen molar-refractivity contribution in [3.8, 4) is 0 Å². The Hall–Kier alpha value is -1.71. The number of benzene rings is 3. The molecular weight excluding hydrogens is 447 g/mol. The summed E-state index contributed by atoms with van der Waals surface area (Å²) in [5.41, 5.74) is 7.73. The Morgan fingerprint density at radius 3 is 2.10 bits per heavy atom. The molecule has 1 saturated heterocycles. The minimum atomic E-state index is 0.177. The van der Waals surface area contributed by atoms with Gasteiger partial charge in [0.15, 0.2) is 0 Å². The summed E-state index contributed by atoms with van der Waals surface area (Å²) in [7, 11) is 0. The molecule has 3 aromatic carbocycles.